The van der Waals surface area contributed by atoms with Crippen molar-refractivity contribution in [1.82, 2.24) is 9.55 Å². The number of H-pyrrole nitrogens is 1. The first-order chi connectivity index (χ1) is 9.13. The summed E-state index contributed by atoms with van der Waals surface area (Å²) in [6.07, 6.45) is 2.37. The van der Waals surface area contributed by atoms with Crippen LogP contribution >= 0.6 is 0 Å². The highest BCUT2D eigenvalue weighted by atomic mass is 16.5. The fraction of sp³-hybridized carbons (Fsp3) is 0.286. The maximum atomic E-state index is 11.7. The SMILES string of the molecule is CCc1cccc(Cn2cc(OC)c(=O)[nH]c2=O)c1. The van der Waals surface area contributed by atoms with Crippen molar-refractivity contribution in [2.75, 3.05) is 7.11 Å². The number of aryl methyl sites for hydroxylation is 1. The Kier molecular flexibility index (Phi) is 3.85. The molecule has 0 aliphatic rings. The second-order valence-electron chi connectivity index (χ2n) is 4.26. The zero-order valence-electron chi connectivity index (χ0n) is 11.0. The molecule has 19 heavy (non-hydrogen) atoms. The molecule has 2 aromatic rings. The highest BCUT2D eigenvalue weighted by Crippen LogP contribution is 2.07. The molecule has 1 aromatic heterocycles. The number of nitrogens with zero attached hydrogens (tertiary/aromatic N) is 1. The van der Waals surface area contributed by atoms with Gasteiger partial charge in [0.1, 0.15) is 0 Å². The summed E-state index contributed by atoms with van der Waals surface area (Å²) in [5, 5.41) is 0. The van der Waals surface area contributed by atoms with Gasteiger partial charge in [0, 0.05) is 0 Å². The Morgan fingerprint density at radius 1 is 1.26 bits per heavy atom. The smallest absolute Gasteiger partial charge is 0.328 e. The van der Waals surface area contributed by atoms with Crippen molar-refractivity contribution in [2.45, 2.75) is 19.9 Å². The number of nitrogens with one attached hydrogen (secondary N) is 1. The van der Waals surface area contributed by atoms with Crippen LogP contribution in [-0.4, -0.2) is 16.7 Å². The van der Waals surface area contributed by atoms with Gasteiger partial charge in [-0.25, -0.2) is 4.79 Å². The number of ether oxygens (including phenoxy) is 1. The molecule has 0 unspecified atom stereocenters. The molecule has 100 valence electrons. The van der Waals surface area contributed by atoms with Crippen LogP contribution in [-0.2, 0) is 13.0 Å². The van der Waals surface area contributed by atoms with Gasteiger partial charge in [0.05, 0.1) is 19.9 Å². The lowest BCUT2D eigenvalue weighted by molar-refractivity contribution is 0.400. The van der Waals surface area contributed by atoms with Crippen LogP contribution in [0.2, 0.25) is 0 Å². The minimum atomic E-state index is -0.508. The lowest BCUT2D eigenvalue weighted by Gasteiger charge is -2.08. The Hall–Kier alpha value is -2.30. The predicted molar refractivity (Wildman–Crippen MR) is 72.8 cm³/mol. The average molecular weight is 260 g/mol. The third-order valence-electron chi connectivity index (χ3n) is 2.95. The number of aromatic nitrogens is 2. The Morgan fingerprint density at radius 3 is 2.68 bits per heavy atom. The van der Waals surface area contributed by atoms with Gasteiger partial charge < -0.3 is 4.74 Å². The van der Waals surface area contributed by atoms with Crippen molar-refractivity contribution in [3.05, 3.63) is 62.4 Å². The van der Waals surface area contributed by atoms with Crippen molar-refractivity contribution >= 4 is 0 Å². The van der Waals surface area contributed by atoms with Gasteiger partial charge in [-0.15, -0.1) is 0 Å². The van der Waals surface area contributed by atoms with Crippen molar-refractivity contribution in [3.8, 4) is 5.75 Å². The molecule has 0 aliphatic carbocycles. The average Bonchev–Trinajstić information content (AvgIpc) is 2.42. The zero-order chi connectivity index (χ0) is 13.8. The second kappa shape index (κ2) is 5.56. The molecule has 1 heterocycles. The highest BCUT2D eigenvalue weighted by molar-refractivity contribution is 5.24. The summed E-state index contributed by atoms with van der Waals surface area (Å²) in [5.41, 5.74) is 1.27. The first-order valence-electron chi connectivity index (χ1n) is 6.09. The fourth-order valence-electron chi connectivity index (χ4n) is 1.90. The fourth-order valence-corrected chi connectivity index (χ4v) is 1.90. The van der Waals surface area contributed by atoms with E-state index in [2.05, 4.69) is 11.9 Å². The monoisotopic (exact) mass is 260 g/mol. The predicted octanol–water partition coefficient (Wildman–Crippen LogP) is 1.16. The molecule has 1 N–H and O–H groups in total. The summed E-state index contributed by atoms with van der Waals surface area (Å²) in [4.78, 5) is 25.3. The van der Waals surface area contributed by atoms with Crippen molar-refractivity contribution in [2.24, 2.45) is 0 Å². The third kappa shape index (κ3) is 2.93. The van der Waals surface area contributed by atoms with Crippen LogP contribution in [0.5, 0.6) is 5.75 Å². The summed E-state index contributed by atoms with van der Waals surface area (Å²) < 4.78 is 6.35. The zero-order valence-corrected chi connectivity index (χ0v) is 11.0. The molecule has 1 aromatic carbocycles. The number of methoxy groups -OCH3 is 1. The lowest BCUT2D eigenvalue weighted by Crippen LogP contribution is -2.30. The normalized spacial score (nSPS) is 10.4. The van der Waals surface area contributed by atoms with E-state index in [4.69, 9.17) is 4.74 Å². The molecule has 5 heteroatoms. The summed E-state index contributed by atoms with van der Waals surface area (Å²) in [7, 11) is 1.40. The molecule has 0 fully saturated rings. The van der Waals surface area contributed by atoms with Crippen LogP contribution in [0.1, 0.15) is 18.1 Å². The molecule has 0 amide bonds. The van der Waals surface area contributed by atoms with Gasteiger partial charge in [0.25, 0.3) is 5.56 Å². The van der Waals surface area contributed by atoms with E-state index in [0.29, 0.717) is 6.54 Å². The minimum Gasteiger partial charge on any atom is -0.490 e. The topological polar surface area (TPSA) is 64.1 Å². The van der Waals surface area contributed by atoms with Gasteiger partial charge in [-0.1, -0.05) is 31.2 Å². The van der Waals surface area contributed by atoms with Crippen LogP contribution < -0.4 is 16.0 Å². The molecular formula is C14H16N2O3. The molecular weight excluding hydrogens is 244 g/mol. The van der Waals surface area contributed by atoms with E-state index in [0.717, 1.165) is 12.0 Å². The van der Waals surface area contributed by atoms with E-state index in [1.807, 2.05) is 24.3 Å². The molecule has 0 spiro atoms. The Labute approximate surface area is 110 Å². The van der Waals surface area contributed by atoms with E-state index in [1.165, 1.54) is 23.4 Å². The highest BCUT2D eigenvalue weighted by Gasteiger charge is 2.05. The maximum absolute atomic E-state index is 11.7. The minimum absolute atomic E-state index is 0.131. The van der Waals surface area contributed by atoms with Crippen LogP contribution in [0, 0.1) is 0 Å². The van der Waals surface area contributed by atoms with Crippen molar-refractivity contribution in [1.29, 1.82) is 0 Å². The summed E-state index contributed by atoms with van der Waals surface area (Å²) in [6.45, 7) is 2.48. The first kappa shape index (κ1) is 13.1. The van der Waals surface area contributed by atoms with E-state index in [1.54, 1.807) is 0 Å². The number of hydrogen-bond donors (Lipinski definition) is 1. The van der Waals surface area contributed by atoms with E-state index >= 15 is 0 Å². The molecule has 5 nitrogen and oxygen atoms in total. The number of aromatic amines is 1. The van der Waals surface area contributed by atoms with Crippen LogP contribution in [0.3, 0.4) is 0 Å². The van der Waals surface area contributed by atoms with Crippen LogP contribution in [0.4, 0.5) is 0 Å². The number of benzene rings is 1. The molecule has 0 aliphatic heterocycles. The molecule has 2 rings (SSSR count). The Bertz CT molecular complexity index is 686. The van der Waals surface area contributed by atoms with Crippen molar-refractivity contribution < 1.29 is 4.74 Å². The number of hydrogen-bond acceptors (Lipinski definition) is 3. The van der Waals surface area contributed by atoms with Gasteiger partial charge in [-0.2, -0.15) is 0 Å². The molecule has 0 radical (unpaired) electrons. The van der Waals surface area contributed by atoms with E-state index in [-0.39, 0.29) is 5.75 Å². The Morgan fingerprint density at radius 2 is 2.00 bits per heavy atom. The van der Waals surface area contributed by atoms with Crippen LogP contribution in [0.15, 0.2) is 40.1 Å². The van der Waals surface area contributed by atoms with Gasteiger partial charge >= 0.3 is 5.69 Å². The lowest BCUT2D eigenvalue weighted by atomic mass is 10.1. The standard InChI is InChI=1S/C14H16N2O3/c1-3-10-5-4-6-11(7-10)8-16-9-12(19-2)13(17)15-14(16)18/h4-7,9H,3,8H2,1-2H3,(H,15,17,18). The number of rotatable bonds is 4. The maximum Gasteiger partial charge on any atom is 0.328 e. The van der Waals surface area contributed by atoms with Crippen molar-refractivity contribution in [3.63, 3.8) is 0 Å². The first-order valence-corrected chi connectivity index (χ1v) is 6.09. The molecule has 0 bridgehead atoms. The molecule has 0 saturated heterocycles. The quantitative estimate of drug-likeness (QED) is 0.897. The molecule has 0 atom stereocenters. The van der Waals surface area contributed by atoms with Crippen LogP contribution in [0.25, 0.3) is 0 Å². The van der Waals surface area contributed by atoms with Gasteiger partial charge in [0.15, 0.2) is 0 Å². The van der Waals surface area contributed by atoms with Gasteiger partial charge in [0.2, 0.25) is 5.75 Å². The van der Waals surface area contributed by atoms with Gasteiger partial charge in [-0.3, -0.25) is 14.3 Å². The third-order valence-corrected chi connectivity index (χ3v) is 2.95. The largest absolute Gasteiger partial charge is 0.490 e. The van der Waals surface area contributed by atoms with Gasteiger partial charge in [-0.05, 0) is 17.5 Å². The summed E-state index contributed by atoms with van der Waals surface area (Å²) in [5.74, 6) is 0.131. The summed E-state index contributed by atoms with van der Waals surface area (Å²) in [6, 6.07) is 8.00. The Balaban J connectivity index is 2.37. The van der Waals surface area contributed by atoms with E-state index < -0.39 is 11.2 Å². The van der Waals surface area contributed by atoms with E-state index in [9.17, 15) is 9.59 Å². The summed E-state index contributed by atoms with van der Waals surface area (Å²) >= 11 is 0. The molecule has 0 saturated carbocycles. The second-order valence-corrected chi connectivity index (χ2v) is 4.26.